The van der Waals surface area contributed by atoms with E-state index in [9.17, 15) is 13.2 Å². The van der Waals surface area contributed by atoms with E-state index in [2.05, 4.69) is 15.7 Å². The SMILES string of the molecule is Cc1ccc(S(=O)(=O)NCC2CCCN(C(C)C(=O)N(CCC#N)c3ccccc3)C2)cc1. The maximum absolute atomic E-state index is 13.3. The van der Waals surface area contributed by atoms with Crippen molar-refractivity contribution in [2.45, 2.75) is 44.0 Å². The lowest BCUT2D eigenvalue weighted by Crippen LogP contribution is -2.52. The summed E-state index contributed by atoms with van der Waals surface area (Å²) in [5.41, 5.74) is 1.79. The first-order chi connectivity index (χ1) is 15.8. The highest BCUT2D eigenvalue weighted by Crippen LogP contribution is 2.22. The van der Waals surface area contributed by atoms with Gasteiger partial charge in [0.25, 0.3) is 0 Å². The first kappa shape index (κ1) is 24.9. The molecule has 1 heterocycles. The molecule has 2 aromatic carbocycles. The number of amides is 1. The Morgan fingerprint density at radius 1 is 1.21 bits per heavy atom. The summed E-state index contributed by atoms with van der Waals surface area (Å²) in [6.45, 7) is 5.92. The molecule has 0 spiro atoms. The number of para-hydroxylation sites is 1. The first-order valence-corrected chi connectivity index (χ1v) is 12.8. The number of aryl methyl sites for hydroxylation is 1. The maximum Gasteiger partial charge on any atom is 0.244 e. The third kappa shape index (κ3) is 6.64. The van der Waals surface area contributed by atoms with Crippen LogP contribution in [0.1, 0.15) is 31.7 Å². The minimum Gasteiger partial charge on any atom is -0.310 e. The largest absolute Gasteiger partial charge is 0.310 e. The van der Waals surface area contributed by atoms with E-state index in [0.29, 0.717) is 19.6 Å². The van der Waals surface area contributed by atoms with Crippen molar-refractivity contribution < 1.29 is 13.2 Å². The number of hydrogen-bond acceptors (Lipinski definition) is 5. The Morgan fingerprint density at radius 2 is 1.91 bits per heavy atom. The summed E-state index contributed by atoms with van der Waals surface area (Å²) < 4.78 is 28.0. The monoisotopic (exact) mass is 468 g/mol. The van der Waals surface area contributed by atoms with Crippen LogP contribution in [0.4, 0.5) is 5.69 Å². The zero-order chi connectivity index (χ0) is 23.8. The molecule has 1 amide bonds. The van der Waals surface area contributed by atoms with E-state index in [0.717, 1.165) is 30.6 Å². The molecule has 8 heteroatoms. The van der Waals surface area contributed by atoms with Gasteiger partial charge in [0.2, 0.25) is 15.9 Å². The summed E-state index contributed by atoms with van der Waals surface area (Å²) in [5, 5.41) is 9.03. The Kier molecular flexibility index (Phi) is 8.61. The topological polar surface area (TPSA) is 93.5 Å². The molecule has 0 radical (unpaired) electrons. The molecule has 1 N–H and O–H groups in total. The van der Waals surface area contributed by atoms with E-state index >= 15 is 0 Å². The van der Waals surface area contributed by atoms with Gasteiger partial charge in [-0.15, -0.1) is 0 Å². The molecule has 0 bridgehead atoms. The van der Waals surface area contributed by atoms with Gasteiger partial charge in [-0.3, -0.25) is 9.69 Å². The van der Waals surface area contributed by atoms with Gasteiger partial charge in [0, 0.05) is 25.3 Å². The second-order valence-electron chi connectivity index (χ2n) is 8.58. The average Bonchev–Trinajstić information content (AvgIpc) is 2.83. The van der Waals surface area contributed by atoms with Gasteiger partial charge < -0.3 is 4.90 Å². The third-order valence-electron chi connectivity index (χ3n) is 6.13. The van der Waals surface area contributed by atoms with Crippen molar-refractivity contribution in [3.63, 3.8) is 0 Å². The van der Waals surface area contributed by atoms with Crippen molar-refractivity contribution in [1.82, 2.24) is 9.62 Å². The van der Waals surface area contributed by atoms with Crippen LogP contribution in [0.5, 0.6) is 0 Å². The lowest BCUT2D eigenvalue weighted by Gasteiger charge is -2.38. The zero-order valence-corrected chi connectivity index (χ0v) is 20.1. The van der Waals surface area contributed by atoms with Crippen LogP contribution in [0.25, 0.3) is 0 Å². The predicted octanol–water partition coefficient (Wildman–Crippen LogP) is 3.32. The molecule has 2 aromatic rings. The van der Waals surface area contributed by atoms with Gasteiger partial charge in [0.15, 0.2) is 0 Å². The summed E-state index contributed by atoms with van der Waals surface area (Å²) in [6.07, 6.45) is 2.07. The Morgan fingerprint density at radius 3 is 2.58 bits per heavy atom. The highest BCUT2D eigenvalue weighted by Gasteiger charge is 2.31. The third-order valence-corrected chi connectivity index (χ3v) is 7.57. The van der Waals surface area contributed by atoms with E-state index in [1.54, 1.807) is 29.2 Å². The summed E-state index contributed by atoms with van der Waals surface area (Å²) in [4.78, 5) is 17.4. The molecule has 1 fully saturated rings. The van der Waals surface area contributed by atoms with Crippen molar-refractivity contribution in [2.24, 2.45) is 5.92 Å². The molecule has 1 aliphatic heterocycles. The molecule has 1 aliphatic rings. The standard InChI is InChI=1S/C25H32N4O3S/c1-20-11-13-24(14-12-20)33(31,32)27-18-22-8-6-16-28(19-22)21(2)25(30)29(17-7-15-26)23-9-4-3-5-10-23/h3-5,9-14,21-22,27H,6-8,16-19H2,1-2H3. The number of nitriles is 1. The fraction of sp³-hybridized carbons (Fsp3) is 0.440. The molecule has 0 aliphatic carbocycles. The number of carbonyl (C=O) groups excluding carboxylic acids is 1. The van der Waals surface area contributed by atoms with Crippen LogP contribution in [0.3, 0.4) is 0 Å². The van der Waals surface area contributed by atoms with Crippen LogP contribution >= 0.6 is 0 Å². The van der Waals surface area contributed by atoms with Crippen LogP contribution < -0.4 is 9.62 Å². The van der Waals surface area contributed by atoms with Crippen LogP contribution in [-0.2, 0) is 14.8 Å². The molecule has 0 saturated carbocycles. The number of anilines is 1. The Hall–Kier alpha value is -2.73. The van der Waals surface area contributed by atoms with Gasteiger partial charge in [0.05, 0.1) is 23.4 Å². The second kappa shape index (κ2) is 11.4. The zero-order valence-electron chi connectivity index (χ0n) is 19.3. The van der Waals surface area contributed by atoms with Gasteiger partial charge in [-0.25, -0.2) is 13.1 Å². The second-order valence-corrected chi connectivity index (χ2v) is 10.3. The fourth-order valence-corrected chi connectivity index (χ4v) is 5.28. The summed E-state index contributed by atoms with van der Waals surface area (Å²) in [7, 11) is -3.56. The van der Waals surface area contributed by atoms with Gasteiger partial charge in [-0.05, 0) is 63.4 Å². The Balaban J connectivity index is 1.63. The van der Waals surface area contributed by atoms with E-state index in [1.165, 1.54) is 0 Å². The lowest BCUT2D eigenvalue weighted by molar-refractivity contribution is -0.123. The van der Waals surface area contributed by atoms with E-state index < -0.39 is 10.0 Å². The van der Waals surface area contributed by atoms with Crippen LogP contribution in [0.15, 0.2) is 59.5 Å². The smallest absolute Gasteiger partial charge is 0.244 e. The van der Waals surface area contributed by atoms with Crippen LogP contribution in [0.2, 0.25) is 0 Å². The fourth-order valence-electron chi connectivity index (χ4n) is 4.16. The number of nitrogens with one attached hydrogen (secondary N) is 1. The van der Waals surface area contributed by atoms with Crippen LogP contribution in [0, 0.1) is 24.2 Å². The number of carbonyl (C=O) groups is 1. The van der Waals surface area contributed by atoms with Gasteiger partial charge in [-0.1, -0.05) is 35.9 Å². The van der Waals surface area contributed by atoms with Crippen molar-refractivity contribution in [3.05, 3.63) is 60.2 Å². The highest BCUT2D eigenvalue weighted by atomic mass is 32.2. The van der Waals surface area contributed by atoms with E-state index in [4.69, 9.17) is 5.26 Å². The number of piperidine rings is 1. The molecule has 7 nitrogen and oxygen atoms in total. The van der Waals surface area contributed by atoms with Crippen molar-refractivity contribution in [2.75, 3.05) is 31.1 Å². The van der Waals surface area contributed by atoms with Crippen molar-refractivity contribution >= 4 is 21.6 Å². The van der Waals surface area contributed by atoms with Crippen LogP contribution in [-0.4, -0.2) is 51.4 Å². The minimum absolute atomic E-state index is 0.0441. The lowest BCUT2D eigenvalue weighted by atomic mass is 9.97. The van der Waals surface area contributed by atoms with Crippen molar-refractivity contribution in [1.29, 1.82) is 5.26 Å². The number of nitrogens with zero attached hydrogens (tertiary/aromatic N) is 3. The number of benzene rings is 2. The molecule has 33 heavy (non-hydrogen) atoms. The summed E-state index contributed by atoms with van der Waals surface area (Å²) >= 11 is 0. The van der Waals surface area contributed by atoms with Gasteiger partial charge >= 0.3 is 0 Å². The number of hydrogen-bond donors (Lipinski definition) is 1. The first-order valence-electron chi connectivity index (χ1n) is 11.4. The number of likely N-dealkylation sites (tertiary alicyclic amines) is 1. The molecular weight excluding hydrogens is 436 g/mol. The molecule has 0 aromatic heterocycles. The molecule has 2 unspecified atom stereocenters. The predicted molar refractivity (Wildman–Crippen MR) is 129 cm³/mol. The number of rotatable bonds is 9. The van der Waals surface area contributed by atoms with Gasteiger partial charge in [0.1, 0.15) is 0 Å². The Labute approximate surface area is 197 Å². The van der Waals surface area contributed by atoms with Crippen molar-refractivity contribution in [3.8, 4) is 6.07 Å². The van der Waals surface area contributed by atoms with E-state index in [1.807, 2.05) is 44.2 Å². The molecule has 176 valence electrons. The normalized spacial score (nSPS) is 17.8. The molecule has 3 rings (SSSR count). The minimum atomic E-state index is -3.56. The summed E-state index contributed by atoms with van der Waals surface area (Å²) in [5.74, 6) is 0.0795. The molecule has 1 saturated heterocycles. The highest BCUT2D eigenvalue weighted by molar-refractivity contribution is 7.89. The molecular formula is C25H32N4O3S. The molecule has 2 atom stereocenters. The maximum atomic E-state index is 13.3. The van der Waals surface area contributed by atoms with Gasteiger partial charge in [-0.2, -0.15) is 5.26 Å². The average molecular weight is 469 g/mol. The quantitative estimate of drug-likeness (QED) is 0.609. The van der Waals surface area contributed by atoms with E-state index in [-0.39, 0.29) is 29.2 Å². The number of sulfonamides is 1. The summed E-state index contributed by atoms with van der Waals surface area (Å²) in [6, 6.07) is 18.0. The Bertz CT molecular complexity index is 1070.